The Bertz CT molecular complexity index is 589. The van der Waals surface area contributed by atoms with E-state index in [-0.39, 0.29) is 11.3 Å². The number of aromatic nitrogens is 1. The van der Waals surface area contributed by atoms with E-state index in [1.54, 1.807) is 6.07 Å². The fourth-order valence-electron chi connectivity index (χ4n) is 1.58. The molecule has 0 saturated heterocycles. The van der Waals surface area contributed by atoms with E-state index in [1.165, 1.54) is 7.11 Å². The van der Waals surface area contributed by atoms with Crippen LogP contribution in [0, 0.1) is 0 Å². The van der Waals surface area contributed by atoms with Crippen molar-refractivity contribution in [3.63, 3.8) is 0 Å². The maximum Gasteiger partial charge on any atom is 0.336 e. The van der Waals surface area contributed by atoms with Crippen LogP contribution >= 0.6 is 0 Å². The Labute approximate surface area is 110 Å². The van der Waals surface area contributed by atoms with Gasteiger partial charge in [-0.3, -0.25) is 0 Å². The molecule has 5 nitrogen and oxygen atoms in total. The Balaban J connectivity index is 2.22. The van der Waals surface area contributed by atoms with E-state index in [1.807, 2.05) is 30.3 Å². The first kappa shape index (κ1) is 13.0. The molecule has 2 rings (SSSR count). The van der Waals surface area contributed by atoms with E-state index in [9.17, 15) is 9.90 Å². The van der Waals surface area contributed by atoms with Crippen molar-refractivity contribution < 1.29 is 19.2 Å². The summed E-state index contributed by atoms with van der Waals surface area (Å²) in [7, 11) is 1.22. The second-order valence-electron chi connectivity index (χ2n) is 3.90. The zero-order valence-electron chi connectivity index (χ0n) is 10.4. The number of benzene rings is 1. The summed E-state index contributed by atoms with van der Waals surface area (Å²) in [6.45, 7) is 3.47. The summed E-state index contributed by atoms with van der Waals surface area (Å²) in [5, 5.41) is 13.8. The lowest BCUT2D eigenvalue weighted by Crippen LogP contribution is -2.11. The van der Waals surface area contributed by atoms with Crippen molar-refractivity contribution in [1.82, 2.24) is 5.16 Å². The number of carbonyl (C=O) groups excluding carboxylic acids is 1. The van der Waals surface area contributed by atoms with Crippen molar-refractivity contribution in [2.75, 3.05) is 7.11 Å². The highest BCUT2D eigenvalue weighted by Crippen LogP contribution is 2.26. The van der Waals surface area contributed by atoms with Gasteiger partial charge in [-0.05, 0) is 0 Å². The van der Waals surface area contributed by atoms with Gasteiger partial charge in [0.1, 0.15) is 11.8 Å². The molecule has 1 aromatic heterocycles. The molecule has 5 heteroatoms. The molecule has 0 aliphatic rings. The van der Waals surface area contributed by atoms with Gasteiger partial charge in [-0.2, -0.15) is 0 Å². The van der Waals surface area contributed by atoms with E-state index >= 15 is 0 Å². The Hall–Kier alpha value is -2.40. The minimum Gasteiger partial charge on any atom is -0.466 e. The highest BCUT2D eigenvalue weighted by atomic mass is 16.5. The molecule has 1 aromatic carbocycles. The molecule has 0 aliphatic carbocycles. The zero-order chi connectivity index (χ0) is 13.8. The molecule has 0 amide bonds. The number of hydrogen-bond donors (Lipinski definition) is 1. The number of methoxy groups -OCH3 is 1. The Kier molecular flexibility index (Phi) is 3.77. The standard InChI is InChI=1S/C14H13NO4/c1-9(14(17)18-2)13(16)12-8-11(15-19-12)10-6-4-3-5-7-10/h3-8,13,16H,1H2,2H3. The van der Waals surface area contributed by atoms with E-state index in [0.717, 1.165) is 5.56 Å². The van der Waals surface area contributed by atoms with Gasteiger partial charge in [-0.15, -0.1) is 0 Å². The third-order valence-corrected chi connectivity index (χ3v) is 2.65. The van der Waals surface area contributed by atoms with Gasteiger partial charge in [0, 0.05) is 11.6 Å². The molecule has 1 atom stereocenters. The van der Waals surface area contributed by atoms with Gasteiger partial charge in [0.25, 0.3) is 0 Å². The maximum atomic E-state index is 11.3. The average Bonchev–Trinajstić information content (AvgIpc) is 2.95. The Morgan fingerprint density at radius 3 is 2.74 bits per heavy atom. The lowest BCUT2D eigenvalue weighted by molar-refractivity contribution is -0.137. The minimum absolute atomic E-state index is 0.0988. The van der Waals surface area contributed by atoms with Crippen molar-refractivity contribution >= 4 is 5.97 Å². The van der Waals surface area contributed by atoms with Crippen LogP contribution in [0.5, 0.6) is 0 Å². The molecule has 0 spiro atoms. The molecule has 0 fully saturated rings. The van der Waals surface area contributed by atoms with E-state index in [2.05, 4.69) is 16.5 Å². The van der Waals surface area contributed by atoms with Crippen molar-refractivity contribution in [3.8, 4) is 11.3 Å². The second kappa shape index (κ2) is 5.49. The molecule has 1 heterocycles. The third kappa shape index (κ3) is 2.71. The Morgan fingerprint density at radius 1 is 1.42 bits per heavy atom. The van der Waals surface area contributed by atoms with Crippen LogP contribution < -0.4 is 0 Å². The van der Waals surface area contributed by atoms with Crippen LogP contribution in [-0.2, 0) is 9.53 Å². The van der Waals surface area contributed by atoms with E-state index in [0.29, 0.717) is 5.69 Å². The van der Waals surface area contributed by atoms with Gasteiger partial charge in [0.2, 0.25) is 0 Å². The first-order valence-electron chi connectivity index (χ1n) is 5.60. The molecule has 1 N–H and O–H groups in total. The summed E-state index contributed by atoms with van der Waals surface area (Å²) in [4.78, 5) is 11.3. The molecule has 1 unspecified atom stereocenters. The average molecular weight is 259 g/mol. The summed E-state index contributed by atoms with van der Waals surface area (Å²) in [5.41, 5.74) is 1.33. The third-order valence-electron chi connectivity index (χ3n) is 2.65. The lowest BCUT2D eigenvalue weighted by atomic mass is 10.1. The van der Waals surface area contributed by atoms with Gasteiger partial charge in [0.15, 0.2) is 5.76 Å². The summed E-state index contributed by atoms with van der Waals surface area (Å²) in [6, 6.07) is 10.9. The van der Waals surface area contributed by atoms with Gasteiger partial charge >= 0.3 is 5.97 Å². The highest BCUT2D eigenvalue weighted by molar-refractivity contribution is 5.88. The maximum absolute atomic E-state index is 11.3. The predicted molar refractivity (Wildman–Crippen MR) is 68.1 cm³/mol. The monoisotopic (exact) mass is 259 g/mol. The van der Waals surface area contributed by atoms with Crippen molar-refractivity contribution in [2.24, 2.45) is 0 Å². The number of aliphatic hydroxyl groups excluding tert-OH is 1. The van der Waals surface area contributed by atoms with Crippen molar-refractivity contribution in [1.29, 1.82) is 0 Å². The normalized spacial score (nSPS) is 11.9. The highest BCUT2D eigenvalue weighted by Gasteiger charge is 2.23. The second-order valence-corrected chi connectivity index (χ2v) is 3.90. The number of carbonyl (C=O) groups is 1. The van der Waals surface area contributed by atoms with Crippen LogP contribution in [0.15, 0.2) is 53.1 Å². The SMILES string of the molecule is C=C(C(=O)OC)C(O)c1cc(-c2ccccc2)no1. The fourth-order valence-corrected chi connectivity index (χ4v) is 1.58. The molecular formula is C14H13NO4. The predicted octanol–water partition coefficient (Wildman–Crippen LogP) is 2.10. The molecule has 0 saturated carbocycles. The van der Waals surface area contributed by atoms with Crippen molar-refractivity contribution in [2.45, 2.75) is 6.10 Å². The summed E-state index contributed by atoms with van der Waals surface area (Å²) < 4.78 is 9.51. The first-order valence-corrected chi connectivity index (χ1v) is 5.60. The molecule has 0 radical (unpaired) electrons. The van der Waals surface area contributed by atoms with E-state index < -0.39 is 12.1 Å². The zero-order valence-corrected chi connectivity index (χ0v) is 10.4. The van der Waals surface area contributed by atoms with Gasteiger partial charge in [0.05, 0.1) is 12.7 Å². The first-order chi connectivity index (χ1) is 9.13. The fraction of sp³-hybridized carbons (Fsp3) is 0.143. The quantitative estimate of drug-likeness (QED) is 0.672. The molecule has 2 aromatic rings. The number of ether oxygens (including phenoxy) is 1. The van der Waals surface area contributed by atoms with Crippen LogP contribution in [0.25, 0.3) is 11.3 Å². The number of aliphatic hydroxyl groups is 1. The molecular weight excluding hydrogens is 246 g/mol. The molecule has 0 aliphatic heterocycles. The smallest absolute Gasteiger partial charge is 0.336 e. The number of hydrogen-bond acceptors (Lipinski definition) is 5. The van der Waals surface area contributed by atoms with Gasteiger partial charge < -0.3 is 14.4 Å². The lowest BCUT2D eigenvalue weighted by Gasteiger charge is -2.07. The van der Waals surface area contributed by atoms with Crippen LogP contribution in [0.2, 0.25) is 0 Å². The summed E-state index contributed by atoms with van der Waals surface area (Å²) in [5.74, 6) is -0.542. The van der Waals surface area contributed by atoms with E-state index in [4.69, 9.17) is 4.52 Å². The van der Waals surface area contributed by atoms with Gasteiger partial charge in [-0.1, -0.05) is 42.1 Å². The van der Waals surface area contributed by atoms with Crippen LogP contribution in [0.4, 0.5) is 0 Å². The molecule has 0 bridgehead atoms. The van der Waals surface area contributed by atoms with Crippen molar-refractivity contribution in [3.05, 3.63) is 54.3 Å². The summed E-state index contributed by atoms with van der Waals surface area (Å²) in [6.07, 6.45) is -1.27. The van der Waals surface area contributed by atoms with Crippen LogP contribution in [0.3, 0.4) is 0 Å². The topological polar surface area (TPSA) is 72.6 Å². The van der Waals surface area contributed by atoms with Crippen LogP contribution in [0.1, 0.15) is 11.9 Å². The number of nitrogens with zero attached hydrogens (tertiary/aromatic N) is 1. The Morgan fingerprint density at radius 2 is 2.11 bits per heavy atom. The minimum atomic E-state index is -1.27. The van der Waals surface area contributed by atoms with Gasteiger partial charge in [-0.25, -0.2) is 4.79 Å². The summed E-state index contributed by atoms with van der Waals surface area (Å²) >= 11 is 0. The van der Waals surface area contributed by atoms with Crippen LogP contribution in [-0.4, -0.2) is 23.3 Å². The molecule has 98 valence electrons. The number of rotatable bonds is 4. The number of esters is 1. The molecule has 19 heavy (non-hydrogen) atoms. The largest absolute Gasteiger partial charge is 0.466 e.